The summed E-state index contributed by atoms with van der Waals surface area (Å²) < 4.78 is 26.8. The van der Waals surface area contributed by atoms with Crippen molar-refractivity contribution in [2.24, 2.45) is 17.0 Å². The summed E-state index contributed by atoms with van der Waals surface area (Å²) >= 11 is 0. The van der Waals surface area contributed by atoms with E-state index in [0.29, 0.717) is 13.2 Å². The van der Waals surface area contributed by atoms with Crippen LogP contribution in [0.25, 0.3) is 0 Å². The van der Waals surface area contributed by atoms with E-state index in [4.69, 9.17) is 15.1 Å². The normalized spacial score (nSPS) is 21.4. The molecule has 1 fully saturated rings. The van der Waals surface area contributed by atoms with Crippen molar-refractivity contribution < 1.29 is 13.2 Å². The first-order chi connectivity index (χ1) is 6.53. The number of hydrogen-bond acceptors (Lipinski definition) is 4. The van der Waals surface area contributed by atoms with E-state index in [1.807, 2.05) is 6.07 Å². The van der Waals surface area contributed by atoms with Gasteiger partial charge in [0, 0.05) is 13.2 Å². The monoisotopic (exact) mass is 218 g/mol. The van der Waals surface area contributed by atoms with Crippen LogP contribution in [-0.2, 0) is 14.8 Å². The van der Waals surface area contributed by atoms with Crippen LogP contribution in [0, 0.1) is 23.2 Å². The molecule has 0 amide bonds. The Balaban J connectivity index is 2.58. The Hall–Kier alpha value is -0.640. The molecule has 0 aromatic carbocycles. The van der Waals surface area contributed by atoms with Crippen molar-refractivity contribution in [3.63, 3.8) is 0 Å². The molecule has 0 spiro atoms. The van der Waals surface area contributed by atoms with Gasteiger partial charge in [-0.05, 0) is 18.8 Å². The Morgan fingerprint density at radius 3 is 2.50 bits per heavy atom. The summed E-state index contributed by atoms with van der Waals surface area (Å²) in [6.45, 7) is 1.21. The molecule has 14 heavy (non-hydrogen) atoms. The smallest absolute Gasteiger partial charge is 0.210 e. The Morgan fingerprint density at radius 2 is 2.07 bits per heavy atom. The van der Waals surface area contributed by atoms with Gasteiger partial charge in [0.05, 0.1) is 17.7 Å². The van der Waals surface area contributed by atoms with Gasteiger partial charge in [0.2, 0.25) is 10.0 Å². The highest BCUT2D eigenvalue weighted by Gasteiger charge is 2.26. The molecular formula is C8H14N2O3S. The van der Waals surface area contributed by atoms with Crippen molar-refractivity contribution in [3.05, 3.63) is 0 Å². The van der Waals surface area contributed by atoms with E-state index in [-0.39, 0.29) is 11.7 Å². The fourth-order valence-electron chi connectivity index (χ4n) is 1.65. The van der Waals surface area contributed by atoms with Gasteiger partial charge in [-0.25, -0.2) is 13.6 Å². The Bertz CT molecular complexity index is 314. The molecule has 0 aromatic rings. The number of primary sulfonamides is 1. The van der Waals surface area contributed by atoms with Crippen molar-refractivity contribution in [2.75, 3.05) is 19.0 Å². The first-order valence-corrected chi connectivity index (χ1v) is 6.22. The minimum absolute atomic E-state index is 0.104. The summed E-state index contributed by atoms with van der Waals surface area (Å²) in [6.07, 6.45) is 1.49. The van der Waals surface area contributed by atoms with Gasteiger partial charge in [0.15, 0.2) is 0 Å². The predicted molar refractivity (Wildman–Crippen MR) is 50.6 cm³/mol. The molecule has 0 aliphatic carbocycles. The lowest BCUT2D eigenvalue weighted by Gasteiger charge is -2.25. The minimum Gasteiger partial charge on any atom is -0.381 e. The number of ether oxygens (including phenoxy) is 1. The predicted octanol–water partition coefficient (Wildman–Crippen LogP) is -0.159. The lowest BCUT2D eigenvalue weighted by molar-refractivity contribution is 0.0572. The second kappa shape index (κ2) is 4.73. The van der Waals surface area contributed by atoms with E-state index in [9.17, 15) is 8.42 Å². The summed E-state index contributed by atoms with van der Waals surface area (Å²) in [7, 11) is -3.55. The second-order valence-corrected chi connectivity index (χ2v) is 5.17. The van der Waals surface area contributed by atoms with Crippen molar-refractivity contribution in [2.45, 2.75) is 12.8 Å². The van der Waals surface area contributed by atoms with Crippen molar-refractivity contribution in [1.82, 2.24) is 0 Å². The zero-order chi connectivity index (χ0) is 10.6. The van der Waals surface area contributed by atoms with Crippen LogP contribution in [0.3, 0.4) is 0 Å². The molecule has 1 atom stereocenters. The van der Waals surface area contributed by atoms with E-state index in [1.54, 1.807) is 0 Å². The van der Waals surface area contributed by atoms with E-state index in [1.165, 1.54) is 0 Å². The van der Waals surface area contributed by atoms with Crippen molar-refractivity contribution >= 4 is 10.0 Å². The fraction of sp³-hybridized carbons (Fsp3) is 0.875. The summed E-state index contributed by atoms with van der Waals surface area (Å²) in [6, 6.07) is 2.01. The zero-order valence-corrected chi connectivity index (χ0v) is 8.66. The lowest BCUT2D eigenvalue weighted by Crippen LogP contribution is -2.30. The number of nitrogens with zero attached hydrogens (tertiary/aromatic N) is 1. The molecule has 1 saturated heterocycles. The molecule has 6 heteroatoms. The van der Waals surface area contributed by atoms with Crippen LogP contribution >= 0.6 is 0 Å². The standard InChI is InChI=1S/C8H14N2O3S/c9-5-8(6-14(10,11)12)7-1-3-13-4-2-7/h7-8H,1-4,6H2,(H2,10,11,12). The molecule has 0 aromatic heterocycles. The summed E-state index contributed by atoms with van der Waals surface area (Å²) in [5.74, 6) is -0.630. The highest BCUT2D eigenvalue weighted by molar-refractivity contribution is 7.89. The molecule has 1 unspecified atom stereocenters. The van der Waals surface area contributed by atoms with E-state index in [0.717, 1.165) is 12.8 Å². The van der Waals surface area contributed by atoms with Crippen LogP contribution in [0.5, 0.6) is 0 Å². The molecule has 0 radical (unpaired) electrons. The SMILES string of the molecule is N#CC(CS(N)(=O)=O)C1CCOCC1. The van der Waals surface area contributed by atoms with Gasteiger partial charge >= 0.3 is 0 Å². The summed E-state index contributed by atoms with van der Waals surface area (Å²) in [5.41, 5.74) is 0. The van der Waals surface area contributed by atoms with Crippen LogP contribution in [0.1, 0.15) is 12.8 Å². The molecule has 0 bridgehead atoms. The number of nitriles is 1. The van der Waals surface area contributed by atoms with E-state index >= 15 is 0 Å². The Labute approximate surface area is 83.9 Å². The van der Waals surface area contributed by atoms with E-state index in [2.05, 4.69) is 0 Å². The van der Waals surface area contributed by atoms with Crippen LogP contribution in [0.4, 0.5) is 0 Å². The molecule has 5 nitrogen and oxygen atoms in total. The van der Waals surface area contributed by atoms with Crippen molar-refractivity contribution in [3.8, 4) is 6.07 Å². The maximum atomic E-state index is 10.8. The molecule has 1 aliphatic rings. The first kappa shape index (κ1) is 11.4. The van der Waals surface area contributed by atoms with E-state index < -0.39 is 15.9 Å². The van der Waals surface area contributed by atoms with Gasteiger partial charge in [-0.2, -0.15) is 5.26 Å². The molecule has 1 aliphatic heterocycles. The van der Waals surface area contributed by atoms with Crippen LogP contribution in [-0.4, -0.2) is 27.4 Å². The van der Waals surface area contributed by atoms with Gasteiger partial charge < -0.3 is 4.74 Å². The number of sulfonamides is 1. The van der Waals surface area contributed by atoms with Gasteiger partial charge in [-0.1, -0.05) is 0 Å². The number of nitrogens with two attached hydrogens (primary N) is 1. The molecule has 1 rings (SSSR count). The van der Waals surface area contributed by atoms with Crippen molar-refractivity contribution in [1.29, 1.82) is 5.26 Å². The van der Waals surface area contributed by atoms with Crippen LogP contribution in [0.15, 0.2) is 0 Å². The quantitative estimate of drug-likeness (QED) is 0.712. The highest BCUT2D eigenvalue weighted by atomic mass is 32.2. The number of rotatable bonds is 3. The van der Waals surface area contributed by atoms with Crippen LogP contribution in [0.2, 0.25) is 0 Å². The third kappa shape index (κ3) is 3.62. The van der Waals surface area contributed by atoms with Crippen LogP contribution < -0.4 is 5.14 Å². The maximum Gasteiger partial charge on any atom is 0.210 e. The lowest BCUT2D eigenvalue weighted by atomic mass is 9.88. The second-order valence-electron chi connectivity index (χ2n) is 3.51. The molecule has 80 valence electrons. The fourth-order valence-corrected chi connectivity index (χ4v) is 2.49. The molecule has 2 N–H and O–H groups in total. The topological polar surface area (TPSA) is 93.2 Å². The maximum absolute atomic E-state index is 10.8. The molecule has 0 saturated carbocycles. The summed E-state index contributed by atoms with van der Waals surface area (Å²) in [4.78, 5) is 0. The van der Waals surface area contributed by atoms with Gasteiger partial charge in [0.1, 0.15) is 0 Å². The Kier molecular flexibility index (Phi) is 3.86. The summed E-state index contributed by atoms with van der Waals surface area (Å²) in [5, 5.41) is 13.7. The van der Waals surface area contributed by atoms with Gasteiger partial charge in [-0.15, -0.1) is 0 Å². The Morgan fingerprint density at radius 1 is 1.50 bits per heavy atom. The number of hydrogen-bond donors (Lipinski definition) is 1. The average molecular weight is 218 g/mol. The minimum atomic E-state index is -3.55. The van der Waals surface area contributed by atoms with Gasteiger partial charge in [0.25, 0.3) is 0 Å². The third-order valence-electron chi connectivity index (χ3n) is 2.41. The highest BCUT2D eigenvalue weighted by Crippen LogP contribution is 2.24. The molecule has 1 heterocycles. The third-order valence-corrected chi connectivity index (χ3v) is 3.24. The first-order valence-electron chi connectivity index (χ1n) is 4.51. The average Bonchev–Trinajstić information content (AvgIpc) is 2.14. The van der Waals surface area contributed by atoms with Gasteiger partial charge in [-0.3, -0.25) is 0 Å². The largest absolute Gasteiger partial charge is 0.381 e. The molecular weight excluding hydrogens is 204 g/mol. The zero-order valence-electron chi connectivity index (χ0n) is 7.85.